The monoisotopic (exact) mass is 325 g/mol. The fourth-order valence-electron chi connectivity index (χ4n) is 3.16. The lowest BCUT2D eigenvalue weighted by molar-refractivity contribution is -0.138. The molecule has 1 aliphatic heterocycles. The molecule has 1 N–H and O–H groups in total. The van der Waals surface area contributed by atoms with Gasteiger partial charge in [0.1, 0.15) is 0 Å². The van der Waals surface area contributed by atoms with Crippen molar-refractivity contribution in [1.29, 1.82) is 0 Å². The number of β-amino-alcohol motifs (C(OH)–C–C–N with tert-alkyl or cyclic N) is 1. The molecule has 0 radical (unpaired) electrons. The SMILES string of the molecule is OC1CC(c2ccccc2C(F)(F)F)N(CCn2cccn2)C1. The summed E-state index contributed by atoms with van der Waals surface area (Å²) >= 11 is 0. The van der Waals surface area contributed by atoms with E-state index in [9.17, 15) is 18.3 Å². The number of hydrogen-bond acceptors (Lipinski definition) is 3. The number of benzene rings is 1. The van der Waals surface area contributed by atoms with Crippen molar-refractivity contribution in [2.24, 2.45) is 0 Å². The van der Waals surface area contributed by atoms with Gasteiger partial charge in [-0.25, -0.2) is 0 Å². The van der Waals surface area contributed by atoms with Gasteiger partial charge in [0, 0.05) is 31.5 Å². The maximum atomic E-state index is 13.2. The van der Waals surface area contributed by atoms with Gasteiger partial charge in [-0.3, -0.25) is 9.58 Å². The Hall–Kier alpha value is -1.86. The van der Waals surface area contributed by atoms with Crippen LogP contribution in [-0.4, -0.2) is 39.0 Å². The van der Waals surface area contributed by atoms with Crippen molar-refractivity contribution in [3.63, 3.8) is 0 Å². The third-order valence-electron chi connectivity index (χ3n) is 4.18. The number of rotatable bonds is 4. The minimum absolute atomic E-state index is 0.233. The van der Waals surface area contributed by atoms with Crippen molar-refractivity contribution >= 4 is 0 Å². The molecule has 0 bridgehead atoms. The maximum Gasteiger partial charge on any atom is 0.416 e. The Bertz CT molecular complexity index is 642. The fraction of sp³-hybridized carbons (Fsp3) is 0.438. The van der Waals surface area contributed by atoms with Crippen molar-refractivity contribution in [3.8, 4) is 0 Å². The molecule has 1 aromatic heterocycles. The number of halogens is 3. The van der Waals surface area contributed by atoms with Crippen LogP contribution in [-0.2, 0) is 12.7 Å². The minimum Gasteiger partial charge on any atom is -0.392 e. The molecule has 2 unspecified atom stereocenters. The number of nitrogens with zero attached hydrogens (tertiary/aromatic N) is 3. The van der Waals surface area contributed by atoms with E-state index >= 15 is 0 Å². The lowest BCUT2D eigenvalue weighted by Crippen LogP contribution is -2.29. The van der Waals surface area contributed by atoms with E-state index in [0.29, 0.717) is 26.1 Å². The molecule has 0 aliphatic carbocycles. The minimum atomic E-state index is -4.39. The Balaban J connectivity index is 1.82. The molecule has 2 atom stereocenters. The quantitative estimate of drug-likeness (QED) is 0.940. The number of hydrogen-bond donors (Lipinski definition) is 1. The predicted octanol–water partition coefficient (Wildman–Crippen LogP) is 2.71. The highest BCUT2D eigenvalue weighted by Crippen LogP contribution is 2.40. The summed E-state index contributed by atoms with van der Waals surface area (Å²) in [7, 11) is 0. The largest absolute Gasteiger partial charge is 0.416 e. The van der Waals surface area contributed by atoms with Crippen LogP contribution in [0.5, 0.6) is 0 Å². The zero-order chi connectivity index (χ0) is 16.4. The molecule has 124 valence electrons. The van der Waals surface area contributed by atoms with Gasteiger partial charge in [-0.2, -0.15) is 18.3 Å². The van der Waals surface area contributed by atoms with Crippen molar-refractivity contribution in [2.45, 2.75) is 31.3 Å². The van der Waals surface area contributed by atoms with Crippen LogP contribution < -0.4 is 0 Å². The molecule has 1 aromatic carbocycles. The van der Waals surface area contributed by atoms with Gasteiger partial charge in [-0.05, 0) is 24.1 Å². The van der Waals surface area contributed by atoms with E-state index in [1.165, 1.54) is 12.1 Å². The molecule has 7 heteroatoms. The van der Waals surface area contributed by atoms with Crippen molar-refractivity contribution in [3.05, 3.63) is 53.9 Å². The number of likely N-dealkylation sites (tertiary alicyclic amines) is 1. The first-order chi connectivity index (χ1) is 10.9. The summed E-state index contributed by atoms with van der Waals surface area (Å²) in [6.45, 7) is 1.48. The van der Waals surface area contributed by atoms with Crippen molar-refractivity contribution in [2.75, 3.05) is 13.1 Å². The standard InChI is InChI=1S/C16H18F3N3O/c17-16(18,19)14-5-2-1-4-13(14)15-10-12(23)11-21(15)8-9-22-7-3-6-20-22/h1-7,12,15,23H,8-11H2. The summed E-state index contributed by atoms with van der Waals surface area (Å²) in [5, 5.41) is 14.0. The fourth-order valence-corrected chi connectivity index (χ4v) is 3.16. The second kappa shape index (κ2) is 6.33. The molecular formula is C16H18F3N3O. The molecule has 3 rings (SSSR count). The topological polar surface area (TPSA) is 41.3 Å². The van der Waals surface area contributed by atoms with Crippen LogP contribution in [0.2, 0.25) is 0 Å². The molecule has 1 saturated heterocycles. The van der Waals surface area contributed by atoms with E-state index in [1.807, 2.05) is 11.1 Å². The second-order valence-electron chi connectivity index (χ2n) is 5.75. The van der Waals surface area contributed by atoms with Crippen LogP contribution in [0.3, 0.4) is 0 Å². The van der Waals surface area contributed by atoms with E-state index < -0.39 is 23.9 Å². The second-order valence-corrected chi connectivity index (χ2v) is 5.75. The Morgan fingerprint density at radius 3 is 2.65 bits per heavy atom. The van der Waals surface area contributed by atoms with Gasteiger partial charge in [0.2, 0.25) is 0 Å². The zero-order valence-corrected chi connectivity index (χ0v) is 12.4. The molecule has 1 fully saturated rings. The average molecular weight is 325 g/mol. The van der Waals surface area contributed by atoms with Gasteiger partial charge >= 0.3 is 6.18 Å². The highest BCUT2D eigenvalue weighted by molar-refractivity contribution is 5.33. The summed E-state index contributed by atoms with van der Waals surface area (Å²) < 4.78 is 41.5. The summed E-state index contributed by atoms with van der Waals surface area (Å²) in [4.78, 5) is 1.90. The summed E-state index contributed by atoms with van der Waals surface area (Å²) in [6, 6.07) is 6.98. The smallest absolute Gasteiger partial charge is 0.392 e. The molecule has 2 aromatic rings. The first-order valence-electron chi connectivity index (χ1n) is 7.51. The number of aromatic nitrogens is 2. The van der Waals surface area contributed by atoms with Gasteiger partial charge in [0.15, 0.2) is 0 Å². The summed E-state index contributed by atoms with van der Waals surface area (Å²) in [6.07, 6.45) is -1.22. The van der Waals surface area contributed by atoms with E-state index in [1.54, 1.807) is 23.0 Å². The van der Waals surface area contributed by atoms with Crippen molar-refractivity contribution in [1.82, 2.24) is 14.7 Å². The van der Waals surface area contributed by atoms with Gasteiger partial charge in [0.05, 0.1) is 18.2 Å². The Kier molecular flexibility index (Phi) is 4.41. The molecular weight excluding hydrogens is 307 g/mol. The number of aliphatic hydroxyl groups excluding tert-OH is 1. The van der Waals surface area contributed by atoms with Crippen LogP contribution in [0.25, 0.3) is 0 Å². The van der Waals surface area contributed by atoms with Gasteiger partial charge in [-0.15, -0.1) is 0 Å². The Labute approximate surface area is 132 Å². The van der Waals surface area contributed by atoms with E-state index in [0.717, 1.165) is 6.07 Å². The number of alkyl halides is 3. The van der Waals surface area contributed by atoms with Crippen LogP contribution >= 0.6 is 0 Å². The first kappa shape index (κ1) is 16.0. The highest BCUT2D eigenvalue weighted by Gasteiger charge is 2.39. The van der Waals surface area contributed by atoms with E-state index in [2.05, 4.69) is 5.10 Å². The zero-order valence-electron chi connectivity index (χ0n) is 12.4. The maximum absolute atomic E-state index is 13.2. The Morgan fingerprint density at radius 2 is 1.96 bits per heavy atom. The molecule has 0 spiro atoms. The molecule has 0 amide bonds. The van der Waals surface area contributed by atoms with Crippen molar-refractivity contribution < 1.29 is 18.3 Å². The summed E-state index contributed by atoms with van der Waals surface area (Å²) in [5.74, 6) is 0. The Morgan fingerprint density at radius 1 is 1.17 bits per heavy atom. The highest BCUT2D eigenvalue weighted by atomic mass is 19.4. The molecule has 23 heavy (non-hydrogen) atoms. The van der Waals surface area contributed by atoms with Gasteiger partial charge in [-0.1, -0.05) is 18.2 Å². The molecule has 4 nitrogen and oxygen atoms in total. The van der Waals surface area contributed by atoms with Crippen LogP contribution in [0.15, 0.2) is 42.7 Å². The first-order valence-corrected chi connectivity index (χ1v) is 7.51. The normalized spacial score (nSPS) is 22.6. The van der Waals surface area contributed by atoms with Crippen LogP contribution in [0.4, 0.5) is 13.2 Å². The lowest BCUT2D eigenvalue weighted by atomic mass is 9.97. The van der Waals surface area contributed by atoms with E-state index in [4.69, 9.17) is 0 Å². The summed E-state index contributed by atoms with van der Waals surface area (Å²) in [5.41, 5.74) is -0.389. The molecule has 2 heterocycles. The van der Waals surface area contributed by atoms with Crippen LogP contribution in [0.1, 0.15) is 23.6 Å². The average Bonchev–Trinajstić information content (AvgIpc) is 3.13. The lowest BCUT2D eigenvalue weighted by Gasteiger charge is -2.26. The predicted molar refractivity (Wildman–Crippen MR) is 78.6 cm³/mol. The van der Waals surface area contributed by atoms with E-state index in [-0.39, 0.29) is 5.56 Å². The third kappa shape index (κ3) is 3.56. The molecule has 0 saturated carbocycles. The van der Waals surface area contributed by atoms with Crippen LogP contribution in [0, 0.1) is 0 Å². The van der Waals surface area contributed by atoms with Gasteiger partial charge < -0.3 is 5.11 Å². The molecule has 1 aliphatic rings. The number of aliphatic hydroxyl groups is 1. The third-order valence-corrected chi connectivity index (χ3v) is 4.18. The van der Waals surface area contributed by atoms with Gasteiger partial charge in [0.25, 0.3) is 0 Å².